The first-order valence-electron chi connectivity index (χ1n) is 6.63. The Kier molecular flexibility index (Phi) is 3.61. The Morgan fingerprint density at radius 1 is 1.30 bits per heavy atom. The van der Waals surface area contributed by atoms with Gasteiger partial charge in [-0.05, 0) is 25.0 Å². The molecule has 0 spiro atoms. The molecule has 0 atom stereocenters. The van der Waals surface area contributed by atoms with E-state index in [1.54, 1.807) is 16.7 Å². The minimum absolute atomic E-state index is 0.0969. The Balaban J connectivity index is 2.18. The third kappa shape index (κ3) is 2.38. The van der Waals surface area contributed by atoms with Gasteiger partial charge in [0.2, 0.25) is 0 Å². The maximum atomic E-state index is 11.1. The third-order valence-electron chi connectivity index (χ3n) is 3.83. The second-order valence-electron chi connectivity index (χ2n) is 5.19. The molecule has 0 aliphatic heterocycles. The number of aliphatic carboxylic acids is 1. The lowest BCUT2D eigenvalue weighted by atomic mass is 10.1. The highest BCUT2D eigenvalue weighted by atomic mass is 35.5. The number of nitrogens with zero attached hydrogens (tertiary/aromatic N) is 2. The van der Waals surface area contributed by atoms with Crippen molar-refractivity contribution in [3.63, 3.8) is 0 Å². The molecule has 0 amide bonds. The molecule has 1 fully saturated rings. The smallest absolute Gasteiger partial charge is 0.323 e. The van der Waals surface area contributed by atoms with Gasteiger partial charge in [-0.2, -0.15) is 0 Å². The molecule has 1 N–H and O–H groups in total. The van der Waals surface area contributed by atoms with Gasteiger partial charge >= 0.3 is 5.97 Å². The van der Waals surface area contributed by atoms with Crippen LogP contribution >= 0.6 is 23.2 Å². The molecular weight excluding hydrogens is 299 g/mol. The standard InChI is InChI=1S/C14H14Cl2N2O2/c15-9-5-11-12(6-10(9)16)18(7-13(19)20)14(17-11)8-3-1-2-4-8/h5-6,8H,1-4,7H2,(H,19,20). The summed E-state index contributed by atoms with van der Waals surface area (Å²) in [6, 6.07) is 3.41. The largest absolute Gasteiger partial charge is 0.480 e. The van der Waals surface area contributed by atoms with Crippen LogP contribution < -0.4 is 0 Å². The molecule has 6 heteroatoms. The number of carboxylic acid groups (broad SMARTS) is 1. The van der Waals surface area contributed by atoms with E-state index in [0.29, 0.717) is 21.5 Å². The summed E-state index contributed by atoms with van der Waals surface area (Å²) in [6.07, 6.45) is 4.46. The minimum atomic E-state index is -0.880. The molecule has 20 heavy (non-hydrogen) atoms. The molecule has 0 unspecified atom stereocenters. The number of carboxylic acids is 1. The molecule has 0 saturated heterocycles. The predicted octanol–water partition coefficient (Wildman–Crippen LogP) is 4.09. The van der Waals surface area contributed by atoms with E-state index in [-0.39, 0.29) is 6.54 Å². The van der Waals surface area contributed by atoms with Crippen LogP contribution in [0, 0.1) is 0 Å². The van der Waals surface area contributed by atoms with Crippen LogP contribution in [0.5, 0.6) is 0 Å². The van der Waals surface area contributed by atoms with Crippen molar-refractivity contribution in [1.29, 1.82) is 0 Å². The maximum Gasteiger partial charge on any atom is 0.323 e. The molecular formula is C14H14Cl2N2O2. The average molecular weight is 313 g/mol. The van der Waals surface area contributed by atoms with Crippen LogP contribution in [0.4, 0.5) is 0 Å². The van der Waals surface area contributed by atoms with Crippen molar-refractivity contribution < 1.29 is 9.90 Å². The molecule has 2 aromatic rings. The van der Waals surface area contributed by atoms with Gasteiger partial charge in [-0.15, -0.1) is 0 Å². The van der Waals surface area contributed by atoms with Gasteiger partial charge in [-0.3, -0.25) is 4.79 Å². The molecule has 1 aliphatic carbocycles. The molecule has 1 aromatic heterocycles. The van der Waals surface area contributed by atoms with E-state index >= 15 is 0 Å². The Hall–Kier alpha value is -1.26. The monoisotopic (exact) mass is 312 g/mol. The molecule has 1 aromatic carbocycles. The van der Waals surface area contributed by atoms with Crippen molar-refractivity contribution >= 4 is 40.2 Å². The van der Waals surface area contributed by atoms with Gasteiger partial charge in [0.05, 0.1) is 21.1 Å². The molecule has 106 valence electrons. The number of hydrogen-bond acceptors (Lipinski definition) is 2. The maximum absolute atomic E-state index is 11.1. The summed E-state index contributed by atoms with van der Waals surface area (Å²) in [5, 5.41) is 9.99. The Bertz CT molecular complexity index is 675. The number of hydrogen-bond donors (Lipinski definition) is 1. The predicted molar refractivity (Wildman–Crippen MR) is 78.6 cm³/mol. The fourth-order valence-corrected chi connectivity index (χ4v) is 3.25. The first-order chi connectivity index (χ1) is 9.56. The van der Waals surface area contributed by atoms with Crippen LogP contribution in [0.25, 0.3) is 11.0 Å². The van der Waals surface area contributed by atoms with Crippen LogP contribution in [-0.4, -0.2) is 20.6 Å². The van der Waals surface area contributed by atoms with E-state index in [1.807, 2.05) is 0 Å². The van der Waals surface area contributed by atoms with Crippen molar-refractivity contribution in [3.8, 4) is 0 Å². The van der Waals surface area contributed by atoms with E-state index in [0.717, 1.165) is 24.2 Å². The zero-order valence-electron chi connectivity index (χ0n) is 10.8. The highest BCUT2D eigenvalue weighted by molar-refractivity contribution is 6.42. The number of halogens is 2. The summed E-state index contributed by atoms with van der Waals surface area (Å²) < 4.78 is 1.76. The zero-order valence-corrected chi connectivity index (χ0v) is 12.3. The SMILES string of the molecule is O=C(O)Cn1c(C2CCCC2)nc2cc(Cl)c(Cl)cc21. The number of fused-ring (bicyclic) bond motifs is 1. The summed E-state index contributed by atoms with van der Waals surface area (Å²) >= 11 is 12.1. The van der Waals surface area contributed by atoms with E-state index in [4.69, 9.17) is 28.3 Å². The van der Waals surface area contributed by atoms with Gasteiger partial charge in [0.1, 0.15) is 12.4 Å². The molecule has 1 saturated carbocycles. The van der Waals surface area contributed by atoms with Gasteiger partial charge in [0.25, 0.3) is 0 Å². The fraction of sp³-hybridized carbons (Fsp3) is 0.429. The summed E-state index contributed by atoms with van der Waals surface area (Å²) in [7, 11) is 0. The van der Waals surface area contributed by atoms with E-state index in [1.165, 1.54) is 12.8 Å². The number of imidazole rings is 1. The van der Waals surface area contributed by atoms with Crippen molar-refractivity contribution in [3.05, 3.63) is 28.0 Å². The van der Waals surface area contributed by atoms with E-state index in [9.17, 15) is 4.79 Å². The lowest BCUT2D eigenvalue weighted by Gasteiger charge is -2.11. The Labute approximate surface area is 126 Å². The van der Waals surface area contributed by atoms with Crippen LogP contribution in [-0.2, 0) is 11.3 Å². The van der Waals surface area contributed by atoms with Crippen LogP contribution in [0.1, 0.15) is 37.4 Å². The van der Waals surface area contributed by atoms with Gasteiger partial charge in [-0.25, -0.2) is 4.98 Å². The Morgan fingerprint density at radius 3 is 2.60 bits per heavy atom. The van der Waals surface area contributed by atoms with Gasteiger partial charge < -0.3 is 9.67 Å². The van der Waals surface area contributed by atoms with Crippen molar-refractivity contribution in [2.75, 3.05) is 0 Å². The lowest BCUT2D eigenvalue weighted by molar-refractivity contribution is -0.137. The molecule has 3 rings (SSSR count). The molecule has 1 heterocycles. The van der Waals surface area contributed by atoms with Crippen molar-refractivity contribution in [1.82, 2.24) is 9.55 Å². The Morgan fingerprint density at radius 2 is 1.95 bits per heavy atom. The number of aromatic nitrogens is 2. The van der Waals surface area contributed by atoms with E-state index < -0.39 is 5.97 Å². The summed E-state index contributed by atoms with van der Waals surface area (Å²) in [4.78, 5) is 15.7. The third-order valence-corrected chi connectivity index (χ3v) is 4.56. The van der Waals surface area contributed by atoms with Crippen molar-refractivity contribution in [2.24, 2.45) is 0 Å². The fourth-order valence-electron chi connectivity index (χ4n) is 2.94. The average Bonchev–Trinajstić information content (AvgIpc) is 2.99. The first kappa shape index (κ1) is 13.7. The van der Waals surface area contributed by atoms with Crippen molar-refractivity contribution in [2.45, 2.75) is 38.1 Å². The highest BCUT2D eigenvalue weighted by Gasteiger charge is 2.25. The summed E-state index contributed by atoms with van der Waals surface area (Å²) in [5.41, 5.74) is 1.45. The normalized spacial score (nSPS) is 16.1. The molecule has 0 bridgehead atoms. The quantitative estimate of drug-likeness (QED) is 0.928. The van der Waals surface area contributed by atoms with Gasteiger partial charge in [-0.1, -0.05) is 36.0 Å². The number of rotatable bonds is 3. The number of benzene rings is 1. The number of carbonyl (C=O) groups is 1. The first-order valence-corrected chi connectivity index (χ1v) is 7.39. The molecule has 4 nitrogen and oxygen atoms in total. The highest BCUT2D eigenvalue weighted by Crippen LogP contribution is 2.36. The summed E-state index contributed by atoms with van der Waals surface area (Å²) in [6.45, 7) is -0.0969. The van der Waals surface area contributed by atoms with E-state index in [2.05, 4.69) is 4.98 Å². The topological polar surface area (TPSA) is 55.1 Å². The summed E-state index contributed by atoms with van der Waals surface area (Å²) in [5.74, 6) is 0.298. The minimum Gasteiger partial charge on any atom is -0.480 e. The zero-order chi connectivity index (χ0) is 14.3. The second kappa shape index (κ2) is 5.26. The van der Waals surface area contributed by atoms with Crippen LogP contribution in [0.3, 0.4) is 0 Å². The van der Waals surface area contributed by atoms with Crippen LogP contribution in [0.2, 0.25) is 10.0 Å². The van der Waals surface area contributed by atoms with Gasteiger partial charge in [0, 0.05) is 5.92 Å². The lowest BCUT2D eigenvalue weighted by Crippen LogP contribution is -2.13. The second-order valence-corrected chi connectivity index (χ2v) is 6.00. The molecule has 1 aliphatic rings. The van der Waals surface area contributed by atoms with Gasteiger partial charge in [0.15, 0.2) is 0 Å². The van der Waals surface area contributed by atoms with Crippen LogP contribution in [0.15, 0.2) is 12.1 Å². The molecule has 0 radical (unpaired) electrons.